The normalized spacial score (nSPS) is 18.9. The molecule has 1 saturated heterocycles. The van der Waals surface area contributed by atoms with Crippen LogP contribution < -0.4 is 10.6 Å². The van der Waals surface area contributed by atoms with Crippen LogP contribution in [-0.4, -0.2) is 48.1 Å². The molecule has 1 unspecified atom stereocenters. The number of carbonyl (C=O) groups excluding carboxylic acids is 1. The highest BCUT2D eigenvalue weighted by molar-refractivity contribution is 5.82. The molecule has 0 aromatic heterocycles. The van der Waals surface area contributed by atoms with Gasteiger partial charge >= 0.3 is 0 Å². The van der Waals surface area contributed by atoms with Crippen molar-refractivity contribution in [2.75, 3.05) is 19.6 Å². The monoisotopic (exact) mass is 241 g/mol. The Kier molecular flexibility index (Phi) is 4.95. The lowest BCUT2D eigenvalue weighted by atomic mass is 10.0. The average Bonchev–Trinajstić information content (AvgIpc) is 2.10. The van der Waals surface area contributed by atoms with E-state index in [0.717, 1.165) is 26.1 Å². The van der Waals surface area contributed by atoms with E-state index in [2.05, 4.69) is 22.5 Å². The van der Waals surface area contributed by atoms with Gasteiger partial charge < -0.3 is 10.6 Å². The van der Waals surface area contributed by atoms with Gasteiger partial charge in [0.15, 0.2) is 0 Å². The zero-order valence-corrected chi connectivity index (χ0v) is 11.8. The molecule has 0 saturated carbocycles. The quantitative estimate of drug-likeness (QED) is 0.754. The van der Waals surface area contributed by atoms with Crippen LogP contribution in [0.15, 0.2) is 0 Å². The van der Waals surface area contributed by atoms with Gasteiger partial charge in [-0.3, -0.25) is 9.69 Å². The first-order valence-electron chi connectivity index (χ1n) is 6.63. The molecular formula is C13H27N3O. The summed E-state index contributed by atoms with van der Waals surface area (Å²) in [5.74, 6) is 0.137. The van der Waals surface area contributed by atoms with Gasteiger partial charge in [0.1, 0.15) is 0 Å². The fraction of sp³-hybridized carbons (Fsp3) is 0.923. The number of hydrogen-bond donors (Lipinski definition) is 2. The average molecular weight is 241 g/mol. The van der Waals surface area contributed by atoms with Crippen molar-refractivity contribution in [3.8, 4) is 0 Å². The summed E-state index contributed by atoms with van der Waals surface area (Å²) in [4.78, 5) is 14.5. The van der Waals surface area contributed by atoms with Gasteiger partial charge in [-0.1, -0.05) is 6.92 Å². The molecule has 0 spiro atoms. The minimum atomic E-state index is -0.152. The van der Waals surface area contributed by atoms with E-state index in [0.29, 0.717) is 6.04 Å². The number of nitrogens with zero attached hydrogens (tertiary/aromatic N) is 1. The number of amides is 1. The molecule has 1 amide bonds. The predicted molar refractivity (Wildman–Crippen MR) is 71.0 cm³/mol. The molecule has 2 N–H and O–H groups in total. The maximum atomic E-state index is 12.1. The van der Waals surface area contributed by atoms with Crippen LogP contribution in [0.2, 0.25) is 0 Å². The standard InChI is InChI=1S/C13H27N3O/c1-6-7-16(11-8-14-9-11)10(2)12(17)15-13(3,4)5/h10-11,14H,6-9H2,1-5H3,(H,15,17). The number of carbonyl (C=O) groups is 1. The van der Waals surface area contributed by atoms with E-state index in [9.17, 15) is 4.79 Å². The summed E-state index contributed by atoms with van der Waals surface area (Å²) >= 11 is 0. The van der Waals surface area contributed by atoms with Gasteiger partial charge in [0.2, 0.25) is 5.91 Å². The summed E-state index contributed by atoms with van der Waals surface area (Å²) in [5, 5.41) is 6.33. The lowest BCUT2D eigenvalue weighted by Gasteiger charge is -2.41. The summed E-state index contributed by atoms with van der Waals surface area (Å²) in [6.07, 6.45) is 1.09. The molecule has 1 aliphatic heterocycles. The maximum absolute atomic E-state index is 12.1. The third-order valence-corrected chi connectivity index (χ3v) is 3.09. The molecule has 1 atom stereocenters. The zero-order valence-electron chi connectivity index (χ0n) is 11.8. The van der Waals surface area contributed by atoms with Gasteiger partial charge in [0.05, 0.1) is 6.04 Å². The van der Waals surface area contributed by atoms with Crippen molar-refractivity contribution in [2.45, 2.75) is 58.7 Å². The minimum absolute atomic E-state index is 0.0405. The molecule has 1 heterocycles. The summed E-state index contributed by atoms with van der Waals surface area (Å²) in [7, 11) is 0. The predicted octanol–water partition coefficient (Wildman–Crippen LogP) is 0.973. The van der Waals surface area contributed by atoms with E-state index in [1.807, 2.05) is 27.7 Å². The highest BCUT2D eigenvalue weighted by atomic mass is 16.2. The molecule has 100 valence electrons. The smallest absolute Gasteiger partial charge is 0.237 e. The highest BCUT2D eigenvalue weighted by Crippen LogP contribution is 2.12. The Hall–Kier alpha value is -0.610. The van der Waals surface area contributed by atoms with Gasteiger partial charge in [0, 0.05) is 24.7 Å². The van der Waals surface area contributed by atoms with E-state index >= 15 is 0 Å². The van der Waals surface area contributed by atoms with E-state index in [1.54, 1.807) is 0 Å². The van der Waals surface area contributed by atoms with E-state index in [4.69, 9.17) is 0 Å². The van der Waals surface area contributed by atoms with Crippen molar-refractivity contribution in [2.24, 2.45) is 0 Å². The molecule has 0 radical (unpaired) electrons. The van der Waals surface area contributed by atoms with Crippen LogP contribution in [0.25, 0.3) is 0 Å². The first-order valence-corrected chi connectivity index (χ1v) is 6.63. The molecule has 0 aliphatic carbocycles. The Morgan fingerprint density at radius 1 is 1.47 bits per heavy atom. The third-order valence-electron chi connectivity index (χ3n) is 3.09. The maximum Gasteiger partial charge on any atom is 0.237 e. The Balaban J connectivity index is 2.56. The van der Waals surface area contributed by atoms with Crippen LogP contribution in [0.1, 0.15) is 41.0 Å². The molecule has 1 fully saturated rings. The molecule has 0 aromatic rings. The van der Waals surface area contributed by atoms with Gasteiger partial charge in [-0.25, -0.2) is 0 Å². The topological polar surface area (TPSA) is 44.4 Å². The highest BCUT2D eigenvalue weighted by Gasteiger charge is 2.32. The lowest BCUT2D eigenvalue weighted by Crippen LogP contribution is -2.62. The second kappa shape index (κ2) is 5.83. The zero-order chi connectivity index (χ0) is 13.1. The van der Waals surface area contributed by atoms with Crippen molar-refractivity contribution < 1.29 is 4.79 Å². The second-order valence-corrected chi connectivity index (χ2v) is 5.97. The van der Waals surface area contributed by atoms with Gasteiger partial charge in [-0.05, 0) is 40.7 Å². The van der Waals surface area contributed by atoms with Crippen LogP contribution in [0, 0.1) is 0 Å². The van der Waals surface area contributed by atoms with Crippen molar-refractivity contribution in [3.05, 3.63) is 0 Å². The number of rotatable bonds is 5. The van der Waals surface area contributed by atoms with Crippen LogP contribution in [0.4, 0.5) is 0 Å². The fourth-order valence-corrected chi connectivity index (χ4v) is 2.08. The van der Waals surface area contributed by atoms with Crippen LogP contribution in [-0.2, 0) is 4.79 Å². The molecule has 0 bridgehead atoms. The Labute approximate surface area is 105 Å². The van der Waals surface area contributed by atoms with Crippen molar-refractivity contribution >= 4 is 5.91 Å². The third kappa shape index (κ3) is 4.28. The van der Waals surface area contributed by atoms with Crippen LogP contribution in [0.5, 0.6) is 0 Å². The van der Waals surface area contributed by atoms with Gasteiger partial charge in [-0.2, -0.15) is 0 Å². The summed E-state index contributed by atoms with van der Waals surface area (Å²) in [6.45, 7) is 13.2. The molecule has 1 rings (SSSR count). The first kappa shape index (κ1) is 14.5. The molecule has 0 aromatic carbocycles. The Bertz CT molecular complexity index is 256. The molecule has 17 heavy (non-hydrogen) atoms. The minimum Gasteiger partial charge on any atom is -0.350 e. The molecule has 1 aliphatic rings. The second-order valence-electron chi connectivity index (χ2n) is 5.97. The van der Waals surface area contributed by atoms with Crippen molar-refractivity contribution in [1.29, 1.82) is 0 Å². The summed E-state index contributed by atoms with van der Waals surface area (Å²) < 4.78 is 0. The lowest BCUT2D eigenvalue weighted by molar-refractivity contribution is -0.128. The Morgan fingerprint density at radius 3 is 2.41 bits per heavy atom. The number of hydrogen-bond acceptors (Lipinski definition) is 3. The first-order chi connectivity index (χ1) is 7.85. The fourth-order valence-electron chi connectivity index (χ4n) is 2.08. The molecule has 4 nitrogen and oxygen atoms in total. The van der Waals surface area contributed by atoms with Crippen LogP contribution in [0.3, 0.4) is 0 Å². The summed E-state index contributed by atoms with van der Waals surface area (Å²) in [5.41, 5.74) is -0.152. The molecule has 4 heteroatoms. The van der Waals surface area contributed by atoms with Gasteiger partial charge in [0.25, 0.3) is 0 Å². The largest absolute Gasteiger partial charge is 0.350 e. The van der Waals surface area contributed by atoms with Crippen molar-refractivity contribution in [1.82, 2.24) is 15.5 Å². The van der Waals surface area contributed by atoms with E-state index in [-0.39, 0.29) is 17.5 Å². The van der Waals surface area contributed by atoms with Gasteiger partial charge in [-0.15, -0.1) is 0 Å². The van der Waals surface area contributed by atoms with Crippen molar-refractivity contribution in [3.63, 3.8) is 0 Å². The van der Waals surface area contributed by atoms with E-state index < -0.39 is 0 Å². The van der Waals surface area contributed by atoms with Crippen LogP contribution >= 0.6 is 0 Å². The summed E-state index contributed by atoms with van der Waals surface area (Å²) in [6, 6.07) is 0.483. The van der Waals surface area contributed by atoms with E-state index in [1.165, 1.54) is 0 Å². The molecular weight excluding hydrogens is 214 g/mol. The Morgan fingerprint density at radius 2 is 2.06 bits per heavy atom. The SMILES string of the molecule is CCCN(C1CNC1)C(C)C(=O)NC(C)(C)C. The number of nitrogens with one attached hydrogen (secondary N) is 2.